The van der Waals surface area contributed by atoms with Crippen LogP contribution in [0.2, 0.25) is 0 Å². The number of hydrogen-bond acceptors (Lipinski definition) is 2. The number of nitrogens with one attached hydrogen (secondary N) is 1. The lowest BCUT2D eigenvalue weighted by molar-refractivity contribution is 0.567. The van der Waals surface area contributed by atoms with Gasteiger partial charge >= 0.3 is 0 Å². The van der Waals surface area contributed by atoms with Crippen molar-refractivity contribution in [3.8, 4) is 0 Å². The second kappa shape index (κ2) is 3.46. The van der Waals surface area contributed by atoms with Gasteiger partial charge in [-0.05, 0) is 43.9 Å². The van der Waals surface area contributed by atoms with Gasteiger partial charge in [-0.25, -0.2) is 0 Å². The molecular formula is C11H16N2. The summed E-state index contributed by atoms with van der Waals surface area (Å²) in [6.07, 6.45) is 6.49. The standard InChI is InChI=1S/C11H16N2/c1-8-5-6-12-7-11(8)9(2)13-10-3-4-10/h5-7,9-10,13H,3-4H2,1-2H3. The third kappa shape index (κ3) is 2.07. The molecular weight excluding hydrogens is 160 g/mol. The van der Waals surface area contributed by atoms with Crippen LogP contribution in [0.1, 0.15) is 36.9 Å². The third-order valence-corrected chi connectivity index (χ3v) is 2.61. The van der Waals surface area contributed by atoms with Crippen molar-refractivity contribution in [2.45, 2.75) is 38.8 Å². The van der Waals surface area contributed by atoms with Gasteiger partial charge in [0.25, 0.3) is 0 Å². The summed E-state index contributed by atoms with van der Waals surface area (Å²) >= 11 is 0. The van der Waals surface area contributed by atoms with Crippen molar-refractivity contribution in [1.82, 2.24) is 10.3 Å². The van der Waals surface area contributed by atoms with E-state index < -0.39 is 0 Å². The van der Waals surface area contributed by atoms with Crippen LogP contribution in [0.4, 0.5) is 0 Å². The number of hydrogen-bond donors (Lipinski definition) is 1. The molecule has 0 bridgehead atoms. The Kier molecular flexibility index (Phi) is 2.32. The zero-order valence-electron chi connectivity index (χ0n) is 8.25. The molecule has 2 heteroatoms. The molecule has 1 fully saturated rings. The predicted molar refractivity (Wildman–Crippen MR) is 53.5 cm³/mol. The molecule has 1 aromatic heterocycles. The van der Waals surface area contributed by atoms with Crippen LogP contribution < -0.4 is 5.32 Å². The van der Waals surface area contributed by atoms with Crippen molar-refractivity contribution in [2.24, 2.45) is 0 Å². The van der Waals surface area contributed by atoms with E-state index in [9.17, 15) is 0 Å². The summed E-state index contributed by atoms with van der Waals surface area (Å²) < 4.78 is 0. The maximum Gasteiger partial charge on any atom is 0.0318 e. The monoisotopic (exact) mass is 176 g/mol. The van der Waals surface area contributed by atoms with Gasteiger partial charge in [-0.1, -0.05) is 0 Å². The van der Waals surface area contributed by atoms with Crippen molar-refractivity contribution in [1.29, 1.82) is 0 Å². The maximum absolute atomic E-state index is 4.15. The molecule has 2 nitrogen and oxygen atoms in total. The van der Waals surface area contributed by atoms with Gasteiger partial charge in [0.15, 0.2) is 0 Å². The average Bonchev–Trinajstić information content (AvgIpc) is 2.89. The zero-order chi connectivity index (χ0) is 9.26. The molecule has 1 aliphatic rings. The quantitative estimate of drug-likeness (QED) is 0.763. The first-order valence-electron chi connectivity index (χ1n) is 4.94. The first-order chi connectivity index (χ1) is 6.27. The fourth-order valence-corrected chi connectivity index (χ4v) is 1.62. The second-order valence-electron chi connectivity index (χ2n) is 3.89. The Balaban J connectivity index is 2.09. The fourth-order valence-electron chi connectivity index (χ4n) is 1.62. The van der Waals surface area contributed by atoms with Crippen LogP contribution in [0.3, 0.4) is 0 Å². The number of aryl methyl sites for hydroxylation is 1. The Morgan fingerprint density at radius 3 is 2.92 bits per heavy atom. The van der Waals surface area contributed by atoms with Gasteiger partial charge in [0.2, 0.25) is 0 Å². The van der Waals surface area contributed by atoms with E-state index in [2.05, 4.69) is 30.2 Å². The lowest BCUT2D eigenvalue weighted by Gasteiger charge is -2.15. The minimum absolute atomic E-state index is 0.446. The van der Waals surface area contributed by atoms with Crippen LogP contribution in [0.5, 0.6) is 0 Å². The Hall–Kier alpha value is -0.890. The zero-order valence-corrected chi connectivity index (χ0v) is 8.25. The summed E-state index contributed by atoms with van der Waals surface area (Å²) in [5.41, 5.74) is 2.66. The van der Waals surface area contributed by atoms with Gasteiger partial charge in [-0.2, -0.15) is 0 Å². The number of pyridine rings is 1. The van der Waals surface area contributed by atoms with Gasteiger partial charge in [-0.15, -0.1) is 0 Å². The summed E-state index contributed by atoms with van der Waals surface area (Å²) in [5.74, 6) is 0. The smallest absolute Gasteiger partial charge is 0.0318 e. The summed E-state index contributed by atoms with van der Waals surface area (Å²) in [6, 6.07) is 3.27. The molecule has 70 valence electrons. The molecule has 0 saturated heterocycles. The van der Waals surface area contributed by atoms with Gasteiger partial charge in [0.1, 0.15) is 0 Å². The molecule has 0 spiro atoms. The number of rotatable bonds is 3. The fraction of sp³-hybridized carbons (Fsp3) is 0.545. The Labute approximate surface area is 79.4 Å². The van der Waals surface area contributed by atoms with E-state index in [0.29, 0.717) is 6.04 Å². The molecule has 1 atom stereocenters. The van der Waals surface area contributed by atoms with Crippen molar-refractivity contribution in [2.75, 3.05) is 0 Å². The Bertz CT molecular complexity index is 292. The number of aromatic nitrogens is 1. The summed E-state index contributed by atoms with van der Waals surface area (Å²) in [7, 11) is 0. The van der Waals surface area contributed by atoms with E-state index in [4.69, 9.17) is 0 Å². The molecule has 0 aromatic carbocycles. The molecule has 13 heavy (non-hydrogen) atoms. The van der Waals surface area contributed by atoms with Crippen LogP contribution in [0.25, 0.3) is 0 Å². The molecule has 1 aliphatic carbocycles. The maximum atomic E-state index is 4.15. The minimum atomic E-state index is 0.446. The number of nitrogens with zero attached hydrogens (tertiary/aromatic N) is 1. The Morgan fingerprint density at radius 2 is 2.31 bits per heavy atom. The van der Waals surface area contributed by atoms with Crippen LogP contribution in [0, 0.1) is 6.92 Å². The van der Waals surface area contributed by atoms with Crippen molar-refractivity contribution >= 4 is 0 Å². The lowest BCUT2D eigenvalue weighted by Crippen LogP contribution is -2.21. The highest BCUT2D eigenvalue weighted by molar-refractivity contribution is 5.24. The summed E-state index contributed by atoms with van der Waals surface area (Å²) in [4.78, 5) is 4.15. The average molecular weight is 176 g/mol. The third-order valence-electron chi connectivity index (χ3n) is 2.61. The van der Waals surface area contributed by atoms with E-state index in [1.54, 1.807) is 0 Å². The van der Waals surface area contributed by atoms with E-state index in [1.807, 2.05) is 12.4 Å². The van der Waals surface area contributed by atoms with E-state index in [1.165, 1.54) is 24.0 Å². The molecule has 0 amide bonds. The predicted octanol–water partition coefficient (Wildman–Crippen LogP) is 2.20. The minimum Gasteiger partial charge on any atom is -0.307 e. The van der Waals surface area contributed by atoms with Crippen molar-refractivity contribution < 1.29 is 0 Å². The molecule has 1 unspecified atom stereocenters. The van der Waals surface area contributed by atoms with Crippen molar-refractivity contribution in [3.05, 3.63) is 29.6 Å². The lowest BCUT2D eigenvalue weighted by atomic mass is 10.1. The highest BCUT2D eigenvalue weighted by Crippen LogP contribution is 2.24. The topological polar surface area (TPSA) is 24.9 Å². The molecule has 1 N–H and O–H groups in total. The molecule has 1 heterocycles. The molecule has 1 saturated carbocycles. The van der Waals surface area contributed by atoms with Crippen LogP contribution in [0.15, 0.2) is 18.5 Å². The van der Waals surface area contributed by atoms with E-state index in [0.717, 1.165) is 6.04 Å². The molecule has 2 rings (SSSR count). The van der Waals surface area contributed by atoms with Gasteiger partial charge in [0, 0.05) is 24.5 Å². The van der Waals surface area contributed by atoms with Crippen LogP contribution >= 0.6 is 0 Å². The second-order valence-corrected chi connectivity index (χ2v) is 3.89. The van der Waals surface area contributed by atoms with Crippen molar-refractivity contribution in [3.63, 3.8) is 0 Å². The summed E-state index contributed by atoms with van der Waals surface area (Å²) in [5, 5.41) is 3.57. The highest BCUT2D eigenvalue weighted by atomic mass is 15.0. The summed E-state index contributed by atoms with van der Waals surface area (Å²) in [6.45, 7) is 4.35. The Morgan fingerprint density at radius 1 is 1.54 bits per heavy atom. The van der Waals surface area contributed by atoms with Gasteiger partial charge in [-0.3, -0.25) is 4.98 Å². The SMILES string of the molecule is Cc1ccncc1C(C)NC1CC1. The largest absolute Gasteiger partial charge is 0.307 e. The molecule has 0 radical (unpaired) electrons. The van der Waals surface area contributed by atoms with Gasteiger partial charge < -0.3 is 5.32 Å². The molecule has 1 aromatic rings. The normalized spacial score (nSPS) is 18.6. The van der Waals surface area contributed by atoms with Gasteiger partial charge in [0.05, 0.1) is 0 Å². The van der Waals surface area contributed by atoms with E-state index in [-0.39, 0.29) is 0 Å². The first kappa shape index (κ1) is 8.70. The van der Waals surface area contributed by atoms with E-state index >= 15 is 0 Å². The van der Waals surface area contributed by atoms with Crippen LogP contribution in [-0.2, 0) is 0 Å². The molecule has 0 aliphatic heterocycles. The van der Waals surface area contributed by atoms with Crippen LogP contribution in [-0.4, -0.2) is 11.0 Å². The first-order valence-corrected chi connectivity index (χ1v) is 4.94. The highest BCUT2D eigenvalue weighted by Gasteiger charge is 2.23.